The van der Waals surface area contributed by atoms with Gasteiger partial charge in [-0.05, 0) is 44.7 Å². The highest BCUT2D eigenvalue weighted by molar-refractivity contribution is 4.89. The van der Waals surface area contributed by atoms with E-state index in [9.17, 15) is 0 Å². The molecule has 2 unspecified atom stereocenters. The van der Waals surface area contributed by atoms with E-state index in [2.05, 4.69) is 42.8 Å². The smallest absolute Gasteiger partial charge is 0.0113 e. The van der Waals surface area contributed by atoms with Gasteiger partial charge < -0.3 is 5.32 Å². The van der Waals surface area contributed by atoms with Crippen LogP contribution in [0.3, 0.4) is 0 Å². The van der Waals surface area contributed by atoms with Gasteiger partial charge in [0.15, 0.2) is 0 Å². The minimum Gasteiger partial charge on any atom is -0.316 e. The van der Waals surface area contributed by atoms with Crippen LogP contribution < -0.4 is 5.32 Å². The van der Waals surface area contributed by atoms with Gasteiger partial charge in [0.2, 0.25) is 0 Å². The highest BCUT2D eigenvalue weighted by Gasteiger charge is 2.32. The number of hydrogen-bond donors (Lipinski definition) is 1. The molecule has 0 aromatic carbocycles. The van der Waals surface area contributed by atoms with E-state index >= 15 is 0 Å². The van der Waals surface area contributed by atoms with E-state index in [0.29, 0.717) is 6.04 Å². The molecule has 1 heterocycles. The van der Waals surface area contributed by atoms with Crippen molar-refractivity contribution in [1.29, 1.82) is 0 Å². The SMILES string of the molecule is CC(C)CNCC(C)C(C)N1CCN(C2CC2)CC1. The highest BCUT2D eigenvalue weighted by atomic mass is 15.3. The van der Waals surface area contributed by atoms with Crippen molar-refractivity contribution in [2.75, 3.05) is 39.3 Å². The van der Waals surface area contributed by atoms with Crippen molar-refractivity contribution in [1.82, 2.24) is 15.1 Å². The molecular formula is C16H33N3. The van der Waals surface area contributed by atoms with Crippen LogP contribution in [0.1, 0.15) is 40.5 Å². The van der Waals surface area contributed by atoms with Gasteiger partial charge in [0.05, 0.1) is 0 Å². The van der Waals surface area contributed by atoms with E-state index in [0.717, 1.165) is 31.0 Å². The summed E-state index contributed by atoms with van der Waals surface area (Å²) in [6, 6.07) is 1.66. The van der Waals surface area contributed by atoms with Crippen molar-refractivity contribution in [3.63, 3.8) is 0 Å². The molecule has 3 heteroatoms. The molecule has 1 saturated carbocycles. The van der Waals surface area contributed by atoms with Crippen LogP contribution in [0.5, 0.6) is 0 Å². The van der Waals surface area contributed by atoms with Crippen molar-refractivity contribution in [3.8, 4) is 0 Å². The summed E-state index contributed by atoms with van der Waals surface area (Å²) in [5.41, 5.74) is 0. The van der Waals surface area contributed by atoms with E-state index < -0.39 is 0 Å². The first-order valence-electron chi connectivity index (χ1n) is 8.26. The summed E-state index contributed by atoms with van der Waals surface area (Å²) in [4.78, 5) is 5.39. The molecule has 0 spiro atoms. The topological polar surface area (TPSA) is 18.5 Å². The van der Waals surface area contributed by atoms with Crippen LogP contribution in [0.15, 0.2) is 0 Å². The lowest BCUT2D eigenvalue weighted by Gasteiger charge is -2.40. The molecule has 1 saturated heterocycles. The molecule has 1 aliphatic heterocycles. The van der Waals surface area contributed by atoms with Gasteiger partial charge >= 0.3 is 0 Å². The fourth-order valence-corrected chi connectivity index (χ4v) is 3.08. The largest absolute Gasteiger partial charge is 0.316 e. The first-order valence-corrected chi connectivity index (χ1v) is 8.26. The zero-order chi connectivity index (χ0) is 13.8. The van der Waals surface area contributed by atoms with Gasteiger partial charge in [0.25, 0.3) is 0 Å². The molecule has 0 amide bonds. The Morgan fingerprint density at radius 1 is 0.947 bits per heavy atom. The summed E-state index contributed by atoms with van der Waals surface area (Å²) in [6.07, 6.45) is 2.90. The van der Waals surface area contributed by atoms with Gasteiger partial charge in [-0.2, -0.15) is 0 Å². The van der Waals surface area contributed by atoms with Crippen molar-refractivity contribution in [3.05, 3.63) is 0 Å². The summed E-state index contributed by atoms with van der Waals surface area (Å²) in [5, 5.41) is 3.60. The van der Waals surface area contributed by atoms with E-state index in [1.807, 2.05) is 0 Å². The first kappa shape index (κ1) is 15.3. The number of rotatable bonds is 7. The maximum Gasteiger partial charge on any atom is 0.0113 e. The van der Waals surface area contributed by atoms with Crippen LogP contribution >= 0.6 is 0 Å². The molecule has 0 aromatic rings. The Morgan fingerprint density at radius 2 is 1.58 bits per heavy atom. The molecule has 19 heavy (non-hydrogen) atoms. The molecule has 112 valence electrons. The summed E-state index contributed by atoms with van der Waals surface area (Å²) in [6.45, 7) is 16.8. The monoisotopic (exact) mass is 267 g/mol. The van der Waals surface area contributed by atoms with E-state index in [1.165, 1.54) is 39.0 Å². The normalized spacial score (nSPS) is 25.7. The van der Waals surface area contributed by atoms with Crippen LogP contribution in [-0.2, 0) is 0 Å². The molecule has 2 fully saturated rings. The van der Waals surface area contributed by atoms with Gasteiger partial charge in [-0.3, -0.25) is 9.80 Å². The Kier molecular flexibility index (Phi) is 5.67. The fraction of sp³-hybridized carbons (Fsp3) is 1.00. The molecule has 2 rings (SSSR count). The number of piperazine rings is 1. The van der Waals surface area contributed by atoms with Crippen molar-refractivity contribution < 1.29 is 0 Å². The third-order valence-electron chi connectivity index (χ3n) is 4.83. The summed E-state index contributed by atoms with van der Waals surface area (Å²) in [5.74, 6) is 1.50. The zero-order valence-corrected chi connectivity index (χ0v) is 13.4. The average Bonchev–Trinajstić information content (AvgIpc) is 3.22. The first-order chi connectivity index (χ1) is 9.08. The van der Waals surface area contributed by atoms with Crippen LogP contribution in [0.25, 0.3) is 0 Å². The van der Waals surface area contributed by atoms with Crippen LogP contribution in [0.2, 0.25) is 0 Å². The van der Waals surface area contributed by atoms with Crippen LogP contribution in [0, 0.1) is 11.8 Å². The van der Waals surface area contributed by atoms with Crippen molar-refractivity contribution >= 4 is 0 Å². The lowest BCUT2D eigenvalue weighted by Crippen LogP contribution is -2.52. The minimum absolute atomic E-state index is 0.709. The van der Waals surface area contributed by atoms with E-state index in [4.69, 9.17) is 0 Å². The van der Waals surface area contributed by atoms with Gasteiger partial charge in [0, 0.05) is 38.3 Å². The zero-order valence-electron chi connectivity index (χ0n) is 13.4. The summed E-state index contributed by atoms with van der Waals surface area (Å²) in [7, 11) is 0. The Morgan fingerprint density at radius 3 is 2.11 bits per heavy atom. The molecule has 2 atom stereocenters. The van der Waals surface area contributed by atoms with Gasteiger partial charge in [0.1, 0.15) is 0 Å². The van der Waals surface area contributed by atoms with Crippen LogP contribution in [0.4, 0.5) is 0 Å². The lowest BCUT2D eigenvalue weighted by molar-refractivity contribution is 0.0765. The second-order valence-corrected chi connectivity index (χ2v) is 7.07. The average molecular weight is 267 g/mol. The maximum absolute atomic E-state index is 3.60. The van der Waals surface area contributed by atoms with Crippen molar-refractivity contribution in [2.45, 2.75) is 52.6 Å². The second-order valence-electron chi connectivity index (χ2n) is 7.07. The standard InChI is InChI=1S/C16H33N3/c1-13(2)11-17-12-14(3)15(4)18-7-9-19(10-8-18)16-5-6-16/h13-17H,5-12H2,1-4H3. The molecule has 0 aromatic heterocycles. The highest BCUT2D eigenvalue weighted by Crippen LogP contribution is 2.28. The third kappa shape index (κ3) is 4.73. The molecule has 1 N–H and O–H groups in total. The summed E-state index contributed by atoms with van der Waals surface area (Å²) < 4.78 is 0. The molecule has 2 aliphatic rings. The summed E-state index contributed by atoms with van der Waals surface area (Å²) >= 11 is 0. The molecule has 3 nitrogen and oxygen atoms in total. The Labute approximate surface area is 119 Å². The Balaban J connectivity index is 1.65. The Hall–Kier alpha value is -0.120. The number of nitrogens with one attached hydrogen (secondary N) is 1. The number of nitrogens with zero attached hydrogens (tertiary/aromatic N) is 2. The fourth-order valence-electron chi connectivity index (χ4n) is 3.08. The predicted octanol–water partition coefficient (Wildman–Crippen LogP) is 2.04. The maximum atomic E-state index is 3.60. The Bertz CT molecular complexity index is 255. The molecule has 1 aliphatic carbocycles. The van der Waals surface area contributed by atoms with Gasteiger partial charge in [-0.1, -0.05) is 20.8 Å². The predicted molar refractivity (Wildman–Crippen MR) is 82.5 cm³/mol. The number of hydrogen-bond acceptors (Lipinski definition) is 3. The quantitative estimate of drug-likeness (QED) is 0.761. The van der Waals surface area contributed by atoms with E-state index in [1.54, 1.807) is 0 Å². The molecule has 0 radical (unpaired) electrons. The molecule has 0 bridgehead atoms. The second kappa shape index (κ2) is 7.05. The lowest BCUT2D eigenvalue weighted by atomic mass is 10.0. The van der Waals surface area contributed by atoms with Gasteiger partial charge in [-0.15, -0.1) is 0 Å². The molecular weight excluding hydrogens is 234 g/mol. The van der Waals surface area contributed by atoms with E-state index in [-0.39, 0.29) is 0 Å². The third-order valence-corrected chi connectivity index (χ3v) is 4.83. The minimum atomic E-state index is 0.709. The van der Waals surface area contributed by atoms with Crippen molar-refractivity contribution in [2.24, 2.45) is 11.8 Å². The van der Waals surface area contributed by atoms with Crippen LogP contribution in [-0.4, -0.2) is 61.2 Å². The van der Waals surface area contributed by atoms with Gasteiger partial charge in [-0.25, -0.2) is 0 Å².